The number of aryl methyl sites for hydroxylation is 2. The zero-order valence-corrected chi connectivity index (χ0v) is 32.7. The molecule has 0 bridgehead atoms. The van der Waals surface area contributed by atoms with Gasteiger partial charge in [0, 0.05) is 28.0 Å². The summed E-state index contributed by atoms with van der Waals surface area (Å²) in [5, 5.41) is 2.47. The van der Waals surface area contributed by atoms with Gasteiger partial charge in [0.15, 0.2) is 0 Å². The Bertz CT molecular complexity index is 2910. The van der Waals surface area contributed by atoms with Crippen LogP contribution in [0.15, 0.2) is 224 Å². The molecule has 0 N–H and O–H groups in total. The van der Waals surface area contributed by atoms with E-state index in [4.69, 9.17) is 4.98 Å². The third kappa shape index (κ3) is 7.54. The predicted octanol–water partition coefficient (Wildman–Crippen LogP) is 15.0. The Morgan fingerprint density at radius 2 is 0.845 bits per heavy atom. The molecule has 0 atom stereocenters. The first-order chi connectivity index (χ1) is 28.6. The average Bonchev–Trinajstić information content (AvgIpc) is 3.68. The van der Waals surface area contributed by atoms with E-state index in [0.717, 1.165) is 39.5 Å². The molecule has 10 rings (SSSR count). The Morgan fingerprint density at radius 3 is 1.48 bits per heavy atom. The number of fused-ring (bicyclic) bond motifs is 2. The van der Waals surface area contributed by atoms with Crippen LogP contribution >= 0.6 is 0 Å². The van der Waals surface area contributed by atoms with Crippen molar-refractivity contribution in [2.24, 2.45) is 0 Å². The summed E-state index contributed by atoms with van der Waals surface area (Å²) >= 11 is 0. The summed E-state index contributed by atoms with van der Waals surface area (Å²) in [5.41, 5.74) is 15.3. The van der Waals surface area contributed by atoms with Crippen molar-refractivity contribution in [1.29, 1.82) is 0 Å². The molecule has 0 aliphatic rings. The SMILES string of the molecule is Cc1ccc(-c2ccc(-c3ccc(N(c4ccccc4)c4cccc5ccccc45)cc3)cc2)cc1.Cc1ccc(-c2nc3ccccc3n2-c2ccccc2)cc1. The van der Waals surface area contributed by atoms with Crippen LogP contribution in [0.4, 0.5) is 17.1 Å². The molecule has 0 radical (unpaired) electrons. The van der Waals surface area contributed by atoms with Crippen LogP contribution in [0.2, 0.25) is 0 Å². The lowest BCUT2D eigenvalue weighted by atomic mass is 9.99. The first-order valence-corrected chi connectivity index (χ1v) is 19.8. The summed E-state index contributed by atoms with van der Waals surface area (Å²) in [6.07, 6.45) is 0. The van der Waals surface area contributed by atoms with Gasteiger partial charge in [0.2, 0.25) is 0 Å². The maximum atomic E-state index is 4.85. The summed E-state index contributed by atoms with van der Waals surface area (Å²) in [6, 6.07) is 79.3. The van der Waals surface area contributed by atoms with E-state index < -0.39 is 0 Å². The molecule has 0 aliphatic heterocycles. The van der Waals surface area contributed by atoms with Crippen LogP contribution in [0.3, 0.4) is 0 Å². The van der Waals surface area contributed by atoms with E-state index in [0.29, 0.717) is 0 Å². The summed E-state index contributed by atoms with van der Waals surface area (Å²) in [7, 11) is 0. The van der Waals surface area contributed by atoms with Crippen LogP contribution in [-0.4, -0.2) is 9.55 Å². The molecule has 0 unspecified atom stereocenters. The standard InChI is InChI=1S/C35H27N.C20H16N2/c1-26-14-16-27(17-15-26)28-18-20-29(21-19-28)30-22-24-33(25-23-30)36(32-10-3-2-4-11-32)35-13-7-9-31-8-5-6-12-34(31)35;1-15-11-13-16(14-12-15)20-21-18-9-5-6-10-19(18)22(20)17-7-3-2-4-8-17/h2-25H,1H3;2-14H,1H3. The fourth-order valence-electron chi connectivity index (χ4n) is 7.57. The lowest BCUT2D eigenvalue weighted by Gasteiger charge is -2.27. The van der Waals surface area contributed by atoms with Crippen LogP contribution in [0, 0.1) is 13.8 Å². The Labute approximate surface area is 340 Å². The van der Waals surface area contributed by atoms with Gasteiger partial charge in [-0.05, 0) is 96.1 Å². The normalized spacial score (nSPS) is 10.9. The Kier molecular flexibility index (Phi) is 10.2. The van der Waals surface area contributed by atoms with Crippen LogP contribution < -0.4 is 4.90 Å². The molecule has 1 aromatic heterocycles. The first kappa shape index (κ1) is 36.2. The number of rotatable bonds is 7. The molecule has 0 spiro atoms. The van der Waals surface area contributed by atoms with Crippen molar-refractivity contribution >= 4 is 38.9 Å². The predicted molar refractivity (Wildman–Crippen MR) is 245 cm³/mol. The van der Waals surface area contributed by atoms with E-state index in [-0.39, 0.29) is 0 Å². The number of nitrogens with zero attached hydrogens (tertiary/aromatic N) is 3. The number of para-hydroxylation sites is 4. The summed E-state index contributed by atoms with van der Waals surface area (Å²) in [5.74, 6) is 0.979. The summed E-state index contributed by atoms with van der Waals surface area (Å²) in [4.78, 5) is 7.19. The minimum absolute atomic E-state index is 0.979. The minimum atomic E-state index is 0.979. The molecule has 1 heterocycles. The minimum Gasteiger partial charge on any atom is -0.310 e. The van der Waals surface area contributed by atoms with Crippen molar-refractivity contribution in [2.75, 3.05) is 4.90 Å². The van der Waals surface area contributed by atoms with Gasteiger partial charge in [-0.2, -0.15) is 0 Å². The Hall–Kier alpha value is -7.49. The third-order valence-corrected chi connectivity index (χ3v) is 10.6. The second-order valence-electron chi connectivity index (χ2n) is 14.6. The van der Waals surface area contributed by atoms with E-state index in [2.05, 4.69) is 236 Å². The first-order valence-electron chi connectivity index (χ1n) is 19.8. The molecule has 3 heteroatoms. The number of anilines is 3. The van der Waals surface area contributed by atoms with Gasteiger partial charge in [-0.25, -0.2) is 4.98 Å². The maximum Gasteiger partial charge on any atom is 0.145 e. The smallest absolute Gasteiger partial charge is 0.145 e. The van der Waals surface area contributed by atoms with E-state index >= 15 is 0 Å². The second-order valence-corrected chi connectivity index (χ2v) is 14.6. The van der Waals surface area contributed by atoms with Crippen molar-refractivity contribution in [3.63, 3.8) is 0 Å². The van der Waals surface area contributed by atoms with E-state index in [1.54, 1.807) is 0 Å². The van der Waals surface area contributed by atoms with Crippen LogP contribution in [0.5, 0.6) is 0 Å². The molecule has 9 aromatic carbocycles. The van der Waals surface area contributed by atoms with E-state index in [1.807, 2.05) is 12.1 Å². The number of hydrogen-bond acceptors (Lipinski definition) is 2. The van der Waals surface area contributed by atoms with Crippen molar-refractivity contribution in [1.82, 2.24) is 9.55 Å². The topological polar surface area (TPSA) is 21.1 Å². The molecular weight excluding hydrogens is 703 g/mol. The van der Waals surface area contributed by atoms with Crippen molar-refractivity contribution in [2.45, 2.75) is 13.8 Å². The largest absolute Gasteiger partial charge is 0.310 e. The molecule has 278 valence electrons. The van der Waals surface area contributed by atoms with Crippen molar-refractivity contribution < 1.29 is 0 Å². The lowest BCUT2D eigenvalue weighted by Crippen LogP contribution is -2.10. The fourth-order valence-corrected chi connectivity index (χ4v) is 7.57. The van der Waals surface area contributed by atoms with Crippen LogP contribution in [0.1, 0.15) is 11.1 Å². The highest BCUT2D eigenvalue weighted by atomic mass is 15.1. The number of hydrogen-bond donors (Lipinski definition) is 0. The van der Waals surface area contributed by atoms with Gasteiger partial charge >= 0.3 is 0 Å². The molecule has 0 amide bonds. The molecule has 0 saturated heterocycles. The van der Waals surface area contributed by atoms with Gasteiger partial charge in [-0.15, -0.1) is 0 Å². The number of aromatic nitrogens is 2. The van der Waals surface area contributed by atoms with Gasteiger partial charge in [-0.3, -0.25) is 4.57 Å². The highest BCUT2D eigenvalue weighted by molar-refractivity contribution is 5.99. The molecule has 3 nitrogen and oxygen atoms in total. The molecule has 0 fully saturated rings. The van der Waals surface area contributed by atoms with Gasteiger partial charge in [-0.1, -0.05) is 181 Å². The second kappa shape index (κ2) is 16.3. The van der Waals surface area contributed by atoms with Gasteiger partial charge in [0.25, 0.3) is 0 Å². The Morgan fingerprint density at radius 1 is 0.379 bits per heavy atom. The third-order valence-electron chi connectivity index (χ3n) is 10.6. The lowest BCUT2D eigenvalue weighted by molar-refractivity contribution is 1.10. The number of benzene rings is 9. The van der Waals surface area contributed by atoms with E-state index in [1.165, 1.54) is 49.8 Å². The zero-order chi connectivity index (χ0) is 39.3. The highest BCUT2D eigenvalue weighted by Crippen LogP contribution is 2.39. The van der Waals surface area contributed by atoms with Gasteiger partial charge < -0.3 is 4.90 Å². The van der Waals surface area contributed by atoms with E-state index in [9.17, 15) is 0 Å². The molecule has 0 saturated carbocycles. The highest BCUT2D eigenvalue weighted by Gasteiger charge is 2.16. The summed E-state index contributed by atoms with van der Waals surface area (Å²) < 4.78 is 2.22. The monoisotopic (exact) mass is 745 g/mol. The number of imidazole rings is 1. The maximum absolute atomic E-state index is 4.85. The molecular formula is C55H43N3. The van der Waals surface area contributed by atoms with Gasteiger partial charge in [0.1, 0.15) is 5.82 Å². The average molecular weight is 746 g/mol. The fraction of sp³-hybridized carbons (Fsp3) is 0.0364. The molecule has 10 aromatic rings. The molecule has 58 heavy (non-hydrogen) atoms. The quantitative estimate of drug-likeness (QED) is 0.162. The summed E-state index contributed by atoms with van der Waals surface area (Å²) in [6.45, 7) is 4.22. The van der Waals surface area contributed by atoms with Crippen LogP contribution in [-0.2, 0) is 0 Å². The van der Waals surface area contributed by atoms with Gasteiger partial charge in [0.05, 0.1) is 16.7 Å². The molecule has 0 aliphatic carbocycles. The van der Waals surface area contributed by atoms with Crippen molar-refractivity contribution in [3.05, 3.63) is 236 Å². The van der Waals surface area contributed by atoms with Crippen molar-refractivity contribution in [3.8, 4) is 39.3 Å². The zero-order valence-electron chi connectivity index (χ0n) is 32.7. The Balaban J connectivity index is 0.000000169. The van der Waals surface area contributed by atoms with Crippen LogP contribution in [0.25, 0.3) is 61.1 Å².